The molecule has 2 aromatic heterocycles. The highest BCUT2D eigenvalue weighted by atomic mass is 16.6. The fourth-order valence-corrected chi connectivity index (χ4v) is 2.52. The molecular weight excluding hydrogens is 370 g/mol. The van der Waals surface area contributed by atoms with Gasteiger partial charge in [0, 0.05) is 29.7 Å². The Morgan fingerprint density at radius 3 is 2.62 bits per heavy atom. The maximum atomic E-state index is 12.5. The summed E-state index contributed by atoms with van der Waals surface area (Å²) >= 11 is 0. The summed E-state index contributed by atoms with van der Waals surface area (Å²) in [4.78, 5) is 28.7. The van der Waals surface area contributed by atoms with Crippen LogP contribution in [0.3, 0.4) is 0 Å². The van der Waals surface area contributed by atoms with Crippen molar-refractivity contribution in [3.8, 4) is 0 Å². The number of benzene rings is 1. The van der Waals surface area contributed by atoms with Crippen LogP contribution in [0.25, 0.3) is 0 Å². The Bertz CT molecular complexity index is 993. The number of hydrogen-bond acceptors (Lipinski definition) is 5. The second kappa shape index (κ2) is 8.55. The Hall–Kier alpha value is -3.68. The predicted octanol–water partition coefficient (Wildman–Crippen LogP) is 3.93. The number of carbonyl (C=O) groups is 2. The van der Waals surface area contributed by atoms with Gasteiger partial charge in [0.25, 0.3) is 5.91 Å². The Balaban J connectivity index is 1.62. The van der Waals surface area contributed by atoms with Crippen LogP contribution in [0.15, 0.2) is 60.9 Å². The van der Waals surface area contributed by atoms with E-state index in [0.29, 0.717) is 23.6 Å². The molecule has 0 atom stereocenters. The molecule has 0 saturated heterocycles. The number of carbonyl (C=O) groups excluding carboxylic acids is 2. The topological polar surface area (TPSA) is 98.1 Å². The maximum Gasteiger partial charge on any atom is 0.412 e. The smallest absolute Gasteiger partial charge is 0.412 e. The fourth-order valence-electron chi connectivity index (χ4n) is 2.52. The van der Waals surface area contributed by atoms with Crippen LogP contribution in [0.1, 0.15) is 36.8 Å². The number of amides is 2. The zero-order valence-electron chi connectivity index (χ0n) is 16.5. The second-order valence-electron chi connectivity index (χ2n) is 7.38. The average molecular weight is 393 g/mol. The van der Waals surface area contributed by atoms with Crippen LogP contribution in [-0.4, -0.2) is 32.4 Å². The molecule has 29 heavy (non-hydrogen) atoms. The predicted molar refractivity (Wildman–Crippen MR) is 110 cm³/mol. The van der Waals surface area contributed by atoms with E-state index in [0.717, 1.165) is 5.69 Å². The van der Waals surface area contributed by atoms with Crippen LogP contribution in [-0.2, 0) is 11.3 Å². The molecule has 2 amide bonds. The van der Waals surface area contributed by atoms with Crippen molar-refractivity contribution in [2.24, 2.45) is 0 Å². The van der Waals surface area contributed by atoms with Gasteiger partial charge in [-0.25, -0.2) is 4.79 Å². The largest absolute Gasteiger partial charge is 0.444 e. The van der Waals surface area contributed by atoms with Gasteiger partial charge in [0.05, 0.1) is 12.2 Å². The van der Waals surface area contributed by atoms with Crippen molar-refractivity contribution in [3.63, 3.8) is 0 Å². The minimum absolute atomic E-state index is 0.332. The summed E-state index contributed by atoms with van der Waals surface area (Å²) in [6.07, 6.45) is 2.91. The molecule has 8 nitrogen and oxygen atoms in total. The fraction of sp³-hybridized carbons (Fsp3) is 0.238. The standard InChI is InChI=1S/C21H23N5O3/c1-21(2,3)29-20(28)23-16-9-6-7-15(13-16)19(27)24-18-10-12-26(25-18)14-17-8-4-5-11-22-17/h4-13H,14H2,1-3H3,(H,23,28)(H,24,25,27). The molecule has 3 rings (SSSR count). The molecule has 8 heteroatoms. The lowest BCUT2D eigenvalue weighted by Gasteiger charge is -2.19. The zero-order chi connectivity index (χ0) is 20.9. The van der Waals surface area contributed by atoms with E-state index in [4.69, 9.17) is 4.74 Å². The molecule has 0 unspecified atom stereocenters. The lowest BCUT2D eigenvalue weighted by Crippen LogP contribution is -2.27. The van der Waals surface area contributed by atoms with Gasteiger partial charge in [0.1, 0.15) is 5.60 Å². The van der Waals surface area contributed by atoms with Crippen LogP contribution in [0.5, 0.6) is 0 Å². The Kier molecular flexibility index (Phi) is 5.92. The van der Waals surface area contributed by atoms with E-state index < -0.39 is 11.7 Å². The molecule has 0 saturated carbocycles. The number of aromatic nitrogens is 3. The maximum absolute atomic E-state index is 12.5. The van der Waals surface area contributed by atoms with Crippen molar-refractivity contribution < 1.29 is 14.3 Å². The van der Waals surface area contributed by atoms with Crippen LogP contribution < -0.4 is 10.6 Å². The molecule has 1 aromatic carbocycles. The van der Waals surface area contributed by atoms with Gasteiger partial charge >= 0.3 is 6.09 Å². The monoisotopic (exact) mass is 393 g/mol. The molecule has 150 valence electrons. The van der Waals surface area contributed by atoms with Crippen molar-refractivity contribution in [3.05, 3.63) is 72.2 Å². The summed E-state index contributed by atoms with van der Waals surface area (Å²) in [6.45, 7) is 5.85. The third-order valence-electron chi connectivity index (χ3n) is 3.70. The minimum Gasteiger partial charge on any atom is -0.444 e. The molecular formula is C21H23N5O3. The summed E-state index contributed by atoms with van der Waals surface area (Å²) in [6, 6.07) is 14.0. The van der Waals surface area contributed by atoms with Crippen molar-refractivity contribution >= 4 is 23.5 Å². The quantitative estimate of drug-likeness (QED) is 0.684. The van der Waals surface area contributed by atoms with E-state index in [1.807, 2.05) is 18.2 Å². The highest BCUT2D eigenvalue weighted by Crippen LogP contribution is 2.15. The first-order chi connectivity index (χ1) is 13.8. The van der Waals surface area contributed by atoms with Crippen molar-refractivity contribution in [1.82, 2.24) is 14.8 Å². The van der Waals surface area contributed by atoms with Gasteiger partial charge in [0.15, 0.2) is 5.82 Å². The van der Waals surface area contributed by atoms with Gasteiger partial charge in [-0.15, -0.1) is 0 Å². The normalized spacial score (nSPS) is 11.0. The van der Waals surface area contributed by atoms with Crippen molar-refractivity contribution in [2.75, 3.05) is 10.6 Å². The molecule has 0 bridgehead atoms. The Labute approximate surface area is 168 Å². The molecule has 0 aliphatic rings. The Morgan fingerprint density at radius 1 is 1.07 bits per heavy atom. The number of nitrogens with zero attached hydrogens (tertiary/aromatic N) is 3. The van der Waals surface area contributed by atoms with Crippen molar-refractivity contribution in [1.29, 1.82) is 0 Å². The van der Waals surface area contributed by atoms with Gasteiger partial charge in [0.2, 0.25) is 0 Å². The molecule has 2 N–H and O–H groups in total. The van der Waals surface area contributed by atoms with E-state index in [1.54, 1.807) is 68.2 Å². The first-order valence-electron chi connectivity index (χ1n) is 9.13. The second-order valence-corrected chi connectivity index (χ2v) is 7.38. The average Bonchev–Trinajstić information content (AvgIpc) is 3.08. The van der Waals surface area contributed by atoms with E-state index in [9.17, 15) is 9.59 Å². The van der Waals surface area contributed by atoms with Gasteiger partial charge < -0.3 is 10.1 Å². The SMILES string of the molecule is CC(C)(C)OC(=O)Nc1cccc(C(=O)Nc2ccn(Cc3ccccn3)n2)c1. The van der Waals surface area contributed by atoms with Gasteiger partial charge in [-0.05, 0) is 51.1 Å². The van der Waals surface area contributed by atoms with Crippen LogP contribution in [0.2, 0.25) is 0 Å². The number of ether oxygens (including phenoxy) is 1. The molecule has 0 aliphatic heterocycles. The lowest BCUT2D eigenvalue weighted by molar-refractivity contribution is 0.0635. The van der Waals surface area contributed by atoms with Crippen LogP contribution in [0.4, 0.5) is 16.3 Å². The third kappa shape index (κ3) is 6.17. The molecule has 0 spiro atoms. The van der Waals surface area contributed by atoms with Gasteiger partial charge in [-0.2, -0.15) is 5.10 Å². The summed E-state index contributed by atoms with van der Waals surface area (Å²) in [5, 5.41) is 9.71. The van der Waals surface area contributed by atoms with E-state index in [1.165, 1.54) is 0 Å². The highest BCUT2D eigenvalue weighted by molar-refractivity contribution is 6.04. The van der Waals surface area contributed by atoms with Gasteiger partial charge in [-0.1, -0.05) is 12.1 Å². The highest BCUT2D eigenvalue weighted by Gasteiger charge is 2.17. The van der Waals surface area contributed by atoms with Gasteiger partial charge in [-0.3, -0.25) is 19.8 Å². The molecule has 0 radical (unpaired) electrons. The molecule has 0 aliphatic carbocycles. The number of anilines is 2. The summed E-state index contributed by atoms with van der Waals surface area (Å²) in [5.74, 6) is 0.0948. The van der Waals surface area contributed by atoms with E-state index in [-0.39, 0.29) is 5.91 Å². The first kappa shape index (κ1) is 20.1. The number of pyridine rings is 1. The third-order valence-corrected chi connectivity index (χ3v) is 3.70. The van der Waals surface area contributed by atoms with Crippen LogP contribution in [0, 0.1) is 0 Å². The Morgan fingerprint density at radius 2 is 1.90 bits per heavy atom. The van der Waals surface area contributed by atoms with Crippen molar-refractivity contribution in [2.45, 2.75) is 32.9 Å². The first-order valence-corrected chi connectivity index (χ1v) is 9.13. The summed E-state index contributed by atoms with van der Waals surface area (Å²) in [5.41, 5.74) is 1.12. The summed E-state index contributed by atoms with van der Waals surface area (Å²) < 4.78 is 6.91. The lowest BCUT2D eigenvalue weighted by atomic mass is 10.2. The van der Waals surface area contributed by atoms with E-state index in [2.05, 4.69) is 20.7 Å². The number of rotatable bonds is 5. The zero-order valence-corrected chi connectivity index (χ0v) is 16.5. The van der Waals surface area contributed by atoms with Crippen LogP contribution >= 0.6 is 0 Å². The minimum atomic E-state index is -0.604. The van der Waals surface area contributed by atoms with E-state index >= 15 is 0 Å². The molecule has 0 fully saturated rings. The number of hydrogen-bond donors (Lipinski definition) is 2. The molecule has 3 aromatic rings. The summed E-state index contributed by atoms with van der Waals surface area (Å²) in [7, 11) is 0. The number of nitrogens with one attached hydrogen (secondary N) is 2. The molecule has 2 heterocycles.